The lowest BCUT2D eigenvalue weighted by Gasteiger charge is -2.07. The molecule has 2 rings (SSSR count). The Bertz CT molecular complexity index is 674. The lowest BCUT2D eigenvalue weighted by Crippen LogP contribution is -1.84. The quantitative estimate of drug-likeness (QED) is 0.276. The van der Waals surface area contributed by atoms with Gasteiger partial charge < -0.3 is 13.1 Å². The molecule has 5 nitrogen and oxygen atoms in total. The van der Waals surface area contributed by atoms with Gasteiger partial charge in [0.1, 0.15) is 11.5 Å². The summed E-state index contributed by atoms with van der Waals surface area (Å²) in [6, 6.07) is 14.9. The van der Waals surface area contributed by atoms with E-state index in [0.29, 0.717) is 11.5 Å². The Morgan fingerprint density at radius 1 is 0.667 bits per heavy atom. The van der Waals surface area contributed by atoms with Crippen LogP contribution in [0.2, 0.25) is 0 Å². The highest BCUT2D eigenvalue weighted by Crippen LogP contribution is 2.38. The topological polar surface area (TPSA) is 61.8 Å². The van der Waals surface area contributed by atoms with Crippen molar-refractivity contribution in [2.75, 3.05) is 14.2 Å². The SMILES string of the molecule is COSC(=O)SSc1ccc(Oc2ccc(SSC(=O)SOC)cc2)cc1. The van der Waals surface area contributed by atoms with Gasteiger partial charge >= 0.3 is 0 Å². The van der Waals surface area contributed by atoms with E-state index in [2.05, 4.69) is 0 Å². The van der Waals surface area contributed by atoms with Crippen molar-refractivity contribution < 1.29 is 22.7 Å². The highest BCUT2D eigenvalue weighted by atomic mass is 33.1. The number of hydrogen-bond donors (Lipinski definition) is 0. The van der Waals surface area contributed by atoms with Gasteiger partial charge in [0, 0.05) is 31.4 Å². The molecule has 0 aliphatic carbocycles. The smallest absolute Gasteiger partial charge is 0.283 e. The second-order valence-electron chi connectivity index (χ2n) is 4.38. The third kappa shape index (κ3) is 9.09. The predicted molar refractivity (Wildman–Crippen MR) is 120 cm³/mol. The minimum atomic E-state index is -0.110. The summed E-state index contributed by atoms with van der Waals surface area (Å²) >= 11 is 1.63. The molecule has 2 aromatic carbocycles. The van der Waals surface area contributed by atoms with Crippen LogP contribution in [0.25, 0.3) is 0 Å². The zero-order valence-corrected chi connectivity index (χ0v) is 19.0. The van der Waals surface area contributed by atoms with Crippen LogP contribution in [-0.4, -0.2) is 23.1 Å². The van der Waals surface area contributed by atoms with E-state index in [4.69, 9.17) is 13.1 Å². The van der Waals surface area contributed by atoms with Crippen molar-refractivity contribution in [1.82, 2.24) is 0 Å². The molecule has 27 heavy (non-hydrogen) atoms. The Morgan fingerprint density at radius 2 is 1.04 bits per heavy atom. The zero-order chi connectivity index (χ0) is 19.5. The van der Waals surface area contributed by atoms with Gasteiger partial charge in [-0.3, -0.25) is 9.59 Å². The predicted octanol–water partition coefficient (Wildman–Crippen LogP) is 7.79. The van der Waals surface area contributed by atoms with E-state index < -0.39 is 0 Å². The molecule has 0 heterocycles. The molecule has 0 aromatic heterocycles. The van der Waals surface area contributed by atoms with E-state index in [1.165, 1.54) is 35.8 Å². The van der Waals surface area contributed by atoms with Gasteiger partial charge in [0.15, 0.2) is 0 Å². The first-order chi connectivity index (χ1) is 13.1. The molecule has 0 unspecified atom stereocenters. The average Bonchev–Trinajstić information content (AvgIpc) is 2.67. The summed E-state index contributed by atoms with van der Waals surface area (Å²) in [5.74, 6) is 1.40. The van der Waals surface area contributed by atoms with Crippen molar-refractivity contribution in [3.63, 3.8) is 0 Å². The lowest BCUT2D eigenvalue weighted by atomic mass is 10.3. The first-order valence-corrected chi connectivity index (χ1v) is 12.9. The maximum atomic E-state index is 11.4. The van der Waals surface area contributed by atoms with Crippen molar-refractivity contribution in [3.05, 3.63) is 48.5 Å². The number of carbonyl (C=O) groups is 2. The Balaban J connectivity index is 1.82. The monoisotopic (exact) mass is 478 g/mol. The maximum absolute atomic E-state index is 11.4. The highest BCUT2D eigenvalue weighted by molar-refractivity contribution is 8.86. The average molecular weight is 479 g/mol. The van der Waals surface area contributed by atoms with Crippen molar-refractivity contribution in [2.24, 2.45) is 0 Å². The van der Waals surface area contributed by atoms with Gasteiger partial charge in [-0.15, -0.1) is 0 Å². The standard InChI is InChI=1S/C16H14O5S6/c1-19-22-15(17)26-24-13-7-3-11(4-8-13)21-12-5-9-14(10-6-12)25-27-16(18)23-20-2/h3-10H,1-2H3. The molecule has 0 amide bonds. The highest BCUT2D eigenvalue weighted by Gasteiger charge is 2.07. The Labute approximate surface area is 182 Å². The van der Waals surface area contributed by atoms with Crippen LogP contribution >= 0.6 is 67.3 Å². The third-order valence-electron chi connectivity index (χ3n) is 2.60. The molecule has 0 radical (unpaired) electrons. The van der Waals surface area contributed by atoms with Crippen LogP contribution in [0.3, 0.4) is 0 Å². The molecule has 0 N–H and O–H groups in total. The van der Waals surface area contributed by atoms with Gasteiger partial charge in [-0.05, 0) is 70.1 Å². The Kier molecular flexibility index (Phi) is 11.0. The van der Waals surface area contributed by atoms with Gasteiger partial charge in [0.2, 0.25) is 0 Å². The minimum Gasteiger partial charge on any atom is -0.457 e. The van der Waals surface area contributed by atoms with Crippen LogP contribution in [0.5, 0.6) is 11.5 Å². The molecule has 2 aromatic rings. The number of carbonyl (C=O) groups excluding carboxylic acids is 2. The number of rotatable bonds is 8. The largest absolute Gasteiger partial charge is 0.457 e. The van der Waals surface area contributed by atoms with Crippen molar-refractivity contribution >= 4 is 76.2 Å². The van der Waals surface area contributed by atoms with E-state index in [1.807, 2.05) is 48.5 Å². The van der Waals surface area contributed by atoms with Gasteiger partial charge in [0.05, 0.1) is 38.3 Å². The Morgan fingerprint density at radius 3 is 1.37 bits per heavy atom. The van der Waals surface area contributed by atoms with Crippen LogP contribution < -0.4 is 4.74 Å². The molecule has 0 spiro atoms. The second kappa shape index (κ2) is 12.9. The summed E-state index contributed by atoms with van der Waals surface area (Å²) in [7, 11) is 7.88. The fourth-order valence-electron chi connectivity index (χ4n) is 1.59. The van der Waals surface area contributed by atoms with Crippen LogP contribution in [0.4, 0.5) is 9.59 Å². The molecule has 0 aliphatic heterocycles. The maximum Gasteiger partial charge on any atom is 0.283 e. The molecule has 0 saturated heterocycles. The van der Waals surface area contributed by atoms with Crippen LogP contribution in [-0.2, 0) is 8.37 Å². The number of benzene rings is 2. The first-order valence-electron chi connectivity index (χ1n) is 7.17. The van der Waals surface area contributed by atoms with Crippen molar-refractivity contribution in [1.29, 1.82) is 0 Å². The Hall–Kier alpha value is -0.400. The molecular weight excluding hydrogens is 465 g/mol. The minimum absolute atomic E-state index is 0.110. The normalized spacial score (nSPS) is 10.6. The van der Waals surface area contributed by atoms with Crippen molar-refractivity contribution in [3.8, 4) is 11.5 Å². The summed E-state index contributed by atoms with van der Waals surface area (Å²) in [5, 5.41) is 0. The fourth-order valence-corrected chi connectivity index (χ4v) is 6.08. The summed E-state index contributed by atoms with van der Waals surface area (Å²) in [6.07, 6.45) is 0. The van der Waals surface area contributed by atoms with E-state index in [0.717, 1.165) is 55.5 Å². The molecule has 0 saturated carbocycles. The van der Waals surface area contributed by atoms with Crippen LogP contribution in [0.15, 0.2) is 58.3 Å². The van der Waals surface area contributed by atoms with Gasteiger partial charge in [-0.25, -0.2) is 0 Å². The molecule has 0 atom stereocenters. The summed E-state index contributed by atoms with van der Waals surface area (Å²) in [4.78, 5) is 24.7. The molecule has 0 aliphatic rings. The van der Waals surface area contributed by atoms with E-state index in [-0.39, 0.29) is 8.89 Å². The molecule has 0 bridgehead atoms. The van der Waals surface area contributed by atoms with Crippen LogP contribution in [0, 0.1) is 0 Å². The third-order valence-corrected chi connectivity index (χ3v) is 8.68. The number of ether oxygens (including phenoxy) is 1. The van der Waals surface area contributed by atoms with Gasteiger partial charge in [-0.1, -0.05) is 0 Å². The molecule has 144 valence electrons. The number of hydrogen-bond acceptors (Lipinski definition) is 11. The van der Waals surface area contributed by atoms with Gasteiger partial charge in [-0.2, -0.15) is 0 Å². The molecule has 11 heteroatoms. The van der Waals surface area contributed by atoms with Crippen LogP contribution in [0.1, 0.15) is 0 Å². The first kappa shape index (κ1) is 22.9. The summed E-state index contributed by atoms with van der Waals surface area (Å²) in [5.41, 5.74) is 0. The molecule has 0 fully saturated rings. The lowest BCUT2D eigenvalue weighted by molar-refractivity contribution is 0.274. The summed E-state index contributed by atoms with van der Waals surface area (Å²) < 4.78 is 15.0. The molecular formula is C16H14O5S6. The van der Waals surface area contributed by atoms with Gasteiger partial charge in [0.25, 0.3) is 8.89 Å². The van der Waals surface area contributed by atoms with E-state index in [9.17, 15) is 9.59 Å². The van der Waals surface area contributed by atoms with Crippen molar-refractivity contribution in [2.45, 2.75) is 9.79 Å². The van der Waals surface area contributed by atoms with E-state index in [1.54, 1.807) is 0 Å². The fraction of sp³-hybridized carbons (Fsp3) is 0.125. The summed E-state index contributed by atoms with van der Waals surface area (Å²) in [6.45, 7) is 0. The van der Waals surface area contributed by atoms with E-state index >= 15 is 0 Å². The zero-order valence-electron chi connectivity index (χ0n) is 14.1. The second-order valence-corrected chi connectivity index (χ2v) is 11.0.